The van der Waals surface area contributed by atoms with Gasteiger partial charge in [0.1, 0.15) is 0 Å². The topological polar surface area (TPSA) is 41.1 Å². The van der Waals surface area contributed by atoms with Crippen molar-refractivity contribution < 1.29 is 4.79 Å². The number of halogens is 1. The van der Waals surface area contributed by atoms with E-state index in [4.69, 9.17) is 0 Å². The number of amides is 1. The fourth-order valence-corrected chi connectivity index (χ4v) is 0.968. The molecule has 0 aromatic rings. The maximum Gasteiger partial charge on any atom is 0.236 e. The zero-order chi connectivity index (χ0) is 6.85. The van der Waals surface area contributed by atoms with Crippen molar-refractivity contribution in [3.05, 3.63) is 0 Å². The van der Waals surface area contributed by atoms with E-state index in [9.17, 15) is 4.79 Å². The van der Waals surface area contributed by atoms with Crippen molar-refractivity contribution in [3.8, 4) is 0 Å². The maximum atomic E-state index is 10.8. The largest absolute Gasteiger partial charge is 0.353 e. The maximum absolute atomic E-state index is 10.8. The summed E-state index contributed by atoms with van der Waals surface area (Å²) in [4.78, 5) is 10.8. The molecule has 10 heavy (non-hydrogen) atoms. The van der Waals surface area contributed by atoms with Crippen LogP contribution in [0, 0.1) is 0 Å². The molecule has 2 N–H and O–H groups in total. The number of nitrogens with one attached hydrogen (secondary N) is 2. The molecule has 0 aromatic heterocycles. The van der Waals surface area contributed by atoms with Crippen LogP contribution in [0.3, 0.4) is 0 Å². The number of carbonyl (C=O) groups is 1. The van der Waals surface area contributed by atoms with E-state index in [1.807, 2.05) is 6.92 Å². The van der Waals surface area contributed by atoms with Crippen LogP contribution in [-0.2, 0) is 4.79 Å². The van der Waals surface area contributed by atoms with Gasteiger partial charge in [-0.1, -0.05) is 0 Å². The van der Waals surface area contributed by atoms with E-state index in [1.54, 1.807) is 0 Å². The predicted octanol–water partition coefficient (Wildman–Crippen LogP) is -0.0954. The van der Waals surface area contributed by atoms with Crippen molar-refractivity contribution in [3.63, 3.8) is 0 Å². The number of hydrogen-bond acceptors (Lipinski definition) is 2. The Morgan fingerprint density at radius 3 is 2.50 bits per heavy atom. The van der Waals surface area contributed by atoms with Gasteiger partial charge in [-0.15, -0.1) is 12.4 Å². The highest BCUT2D eigenvalue weighted by molar-refractivity contribution is 5.85. The molecule has 0 unspecified atom stereocenters. The summed E-state index contributed by atoms with van der Waals surface area (Å²) in [5, 5.41) is 5.90. The average Bonchev–Trinajstić information content (AvgIpc) is 1.80. The molecule has 1 aliphatic rings. The lowest BCUT2D eigenvalue weighted by molar-refractivity contribution is -0.124. The van der Waals surface area contributed by atoms with Crippen molar-refractivity contribution in [2.45, 2.75) is 25.9 Å². The molecular weight excluding hydrogens is 152 g/mol. The minimum atomic E-state index is -0.0197. The quantitative estimate of drug-likeness (QED) is 0.525. The van der Waals surface area contributed by atoms with Crippen LogP contribution >= 0.6 is 12.4 Å². The van der Waals surface area contributed by atoms with Crippen LogP contribution in [0.15, 0.2) is 0 Å². The summed E-state index contributed by atoms with van der Waals surface area (Å²) in [5.41, 5.74) is 0. The van der Waals surface area contributed by atoms with Crippen LogP contribution in [0.25, 0.3) is 0 Å². The van der Waals surface area contributed by atoms with Crippen LogP contribution in [0.2, 0.25) is 0 Å². The van der Waals surface area contributed by atoms with Gasteiger partial charge in [-0.3, -0.25) is 4.79 Å². The summed E-state index contributed by atoms with van der Waals surface area (Å²) >= 11 is 0. The van der Waals surface area contributed by atoms with E-state index in [-0.39, 0.29) is 24.4 Å². The number of piperazine rings is 1. The smallest absolute Gasteiger partial charge is 0.236 e. The Morgan fingerprint density at radius 2 is 2.10 bits per heavy atom. The Morgan fingerprint density at radius 1 is 1.50 bits per heavy atom. The first kappa shape index (κ1) is 9.72. The molecule has 1 fully saturated rings. The van der Waals surface area contributed by atoms with Crippen molar-refractivity contribution in [1.29, 1.82) is 0 Å². The molecule has 1 amide bonds. The lowest BCUT2D eigenvalue weighted by Crippen LogP contribution is -2.55. The average molecular weight is 165 g/mol. The molecule has 4 heteroatoms. The Balaban J connectivity index is 0.000000810. The number of carbonyl (C=O) groups excluding carboxylic acids is 1. The molecule has 60 valence electrons. The Kier molecular flexibility index (Phi) is 3.68. The monoisotopic (exact) mass is 164 g/mol. The fourth-order valence-electron chi connectivity index (χ4n) is 0.968. The summed E-state index contributed by atoms with van der Waals surface area (Å²) in [5.74, 6) is 0.105. The molecule has 0 saturated carbocycles. The molecular formula is C6H13ClN2O. The summed E-state index contributed by atoms with van der Waals surface area (Å²) in [6, 6.07) is 0.395. The van der Waals surface area contributed by atoms with Gasteiger partial charge >= 0.3 is 0 Å². The molecule has 0 bridgehead atoms. The Labute approximate surface area is 67.0 Å². The summed E-state index contributed by atoms with van der Waals surface area (Å²) in [6.45, 7) is 4.67. The molecule has 3 nitrogen and oxygen atoms in total. The number of rotatable bonds is 0. The summed E-state index contributed by atoms with van der Waals surface area (Å²) < 4.78 is 0. The predicted molar refractivity (Wildman–Crippen MR) is 42.3 cm³/mol. The number of hydrogen-bond donors (Lipinski definition) is 2. The van der Waals surface area contributed by atoms with Crippen LogP contribution in [0.1, 0.15) is 13.8 Å². The van der Waals surface area contributed by atoms with Gasteiger partial charge in [0, 0.05) is 12.6 Å². The molecule has 0 radical (unpaired) electrons. The fraction of sp³-hybridized carbons (Fsp3) is 0.833. The van der Waals surface area contributed by atoms with E-state index in [0.717, 1.165) is 6.54 Å². The van der Waals surface area contributed by atoms with E-state index >= 15 is 0 Å². The SMILES string of the molecule is C[C@H]1CNC(=O)[C@@H](C)N1.Cl. The van der Waals surface area contributed by atoms with E-state index in [0.29, 0.717) is 6.04 Å². The van der Waals surface area contributed by atoms with Crippen molar-refractivity contribution in [2.24, 2.45) is 0 Å². The first-order valence-corrected chi connectivity index (χ1v) is 3.24. The minimum Gasteiger partial charge on any atom is -0.353 e. The van der Waals surface area contributed by atoms with Gasteiger partial charge in [0.15, 0.2) is 0 Å². The second kappa shape index (κ2) is 3.78. The summed E-state index contributed by atoms with van der Waals surface area (Å²) in [6.07, 6.45) is 0. The van der Waals surface area contributed by atoms with Crippen LogP contribution in [0.4, 0.5) is 0 Å². The van der Waals surface area contributed by atoms with E-state index in [1.165, 1.54) is 0 Å². The lowest BCUT2D eigenvalue weighted by atomic mass is 10.2. The third-order valence-electron chi connectivity index (χ3n) is 1.51. The second-order valence-corrected chi connectivity index (χ2v) is 2.53. The molecule has 1 aliphatic heterocycles. The Hall–Kier alpha value is -0.280. The minimum absolute atomic E-state index is 0. The van der Waals surface area contributed by atoms with Gasteiger partial charge in [-0.2, -0.15) is 0 Å². The molecule has 1 rings (SSSR count). The van der Waals surface area contributed by atoms with Crippen LogP contribution < -0.4 is 10.6 Å². The van der Waals surface area contributed by atoms with E-state index < -0.39 is 0 Å². The normalized spacial score (nSPS) is 32.4. The van der Waals surface area contributed by atoms with Gasteiger partial charge in [-0.25, -0.2) is 0 Å². The summed E-state index contributed by atoms with van der Waals surface area (Å²) in [7, 11) is 0. The first-order valence-electron chi connectivity index (χ1n) is 3.24. The first-order chi connectivity index (χ1) is 4.20. The highest BCUT2D eigenvalue weighted by Crippen LogP contribution is 1.92. The van der Waals surface area contributed by atoms with Crippen LogP contribution in [-0.4, -0.2) is 24.5 Å². The van der Waals surface area contributed by atoms with Gasteiger partial charge < -0.3 is 10.6 Å². The van der Waals surface area contributed by atoms with Gasteiger partial charge in [0.25, 0.3) is 0 Å². The second-order valence-electron chi connectivity index (χ2n) is 2.53. The van der Waals surface area contributed by atoms with Crippen molar-refractivity contribution >= 4 is 18.3 Å². The zero-order valence-corrected chi connectivity index (χ0v) is 6.99. The van der Waals surface area contributed by atoms with E-state index in [2.05, 4.69) is 17.6 Å². The van der Waals surface area contributed by atoms with Crippen molar-refractivity contribution in [2.75, 3.05) is 6.54 Å². The molecule has 1 saturated heterocycles. The lowest BCUT2D eigenvalue weighted by Gasteiger charge is -2.25. The van der Waals surface area contributed by atoms with Crippen LogP contribution in [0.5, 0.6) is 0 Å². The third kappa shape index (κ3) is 2.15. The highest BCUT2D eigenvalue weighted by atomic mass is 35.5. The van der Waals surface area contributed by atoms with Gasteiger partial charge in [-0.05, 0) is 13.8 Å². The molecule has 0 aliphatic carbocycles. The third-order valence-corrected chi connectivity index (χ3v) is 1.51. The molecule has 1 heterocycles. The molecule has 2 atom stereocenters. The molecule has 0 aromatic carbocycles. The zero-order valence-electron chi connectivity index (χ0n) is 6.18. The standard InChI is InChI=1S/C6H12N2O.ClH/c1-4-3-7-6(9)5(2)8-4;/h4-5,8H,3H2,1-2H3,(H,7,9);1H/t4-,5+;/m0./s1. The molecule has 0 spiro atoms. The van der Waals surface area contributed by atoms with Gasteiger partial charge in [0.2, 0.25) is 5.91 Å². The highest BCUT2D eigenvalue weighted by Gasteiger charge is 2.19. The van der Waals surface area contributed by atoms with Crippen molar-refractivity contribution in [1.82, 2.24) is 10.6 Å². The Bertz CT molecular complexity index is 129. The van der Waals surface area contributed by atoms with Gasteiger partial charge in [0.05, 0.1) is 6.04 Å².